The third-order valence-corrected chi connectivity index (χ3v) is 6.06. The Morgan fingerprint density at radius 2 is 1.67 bits per heavy atom. The zero-order valence-corrected chi connectivity index (χ0v) is 17.4. The molecule has 1 saturated heterocycles. The molecule has 1 amide bonds. The van der Waals surface area contributed by atoms with E-state index in [0.29, 0.717) is 0 Å². The van der Waals surface area contributed by atoms with Crippen LogP contribution in [0.25, 0.3) is 10.8 Å². The zero-order chi connectivity index (χ0) is 18.6. The Hall–Kier alpha value is -1.92. The van der Waals surface area contributed by atoms with Crippen LogP contribution in [0.3, 0.4) is 0 Å². The van der Waals surface area contributed by atoms with Gasteiger partial charge in [0.1, 0.15) is 0 Å². The van der Waals surface area contributed by atoms with E-state index in [4.69, 9.17) is 0 Å². The molecule has 3 aromatic carbocycles. The van der Waals surface area contributed by atoms with E-state index in [1.165, 1.54) is 19.9 Å². The average Bonchev–Trinajstić information content (AvgIpc) is 2.70. The fourth-order valence-electron chi connectivity index (χ4n) is 3.80. The molecular formula is C23H23IN2O. The lowest BCUT2D eigenvalue weighted by Crippen LogP contribution is -2.37. The van der Waals surface area contributed by atoms with Crippen LogP contribution in [0.5, 0.6) is 0 Å². The van der Waals surface area contributed by atoms with Crippen molar-refractivity contribution in [3.05, 3.63) is 75.9 Å². The van der Waals surface area contributed by atoms with Gasteiger partial charge in [0.2, 0.25) is 5.91 Å². The molecule has 138 valence electrons. The number of nitrogens with zero attached hydrogens (tertiary/aromatic N) is 1. The van der Waals surface area contributed by atoms with Gasteiger partial charge in [-0.15, -0.1) is 0 Å². The van der Waals surface area contributed by atoms with Crippen LogP contribution in [0.2, 0.25) is 0 Å². The van der Waals surface area contributed by atoms with Crippen LogP contribution in [-0.2, 0) is 11.3 Å². The van der Waals surface area contributed by atoms with Gasteiger partial charge in [-0.3, -0.25) is 9.69 Å². The lowest BCUT2D eigenvalue weighted by atomic mass is 9.95. The highest BCUT2D eigenvalue weighted by Crippen LogP contribution is 2.24. The van der Waals surface area contributed by atoms with Crippen molar-refractivity contribution in [2.75, 3.05) is 18.4 Å². The standard InChI is InChI=1S/C23H23IN2O/c24-20-8-10-21(11-9-20)25-23(27)18-12-14-26(15-13-18)16-19-6-3-5-17-4-1-2-7-22(17)19/h1-11,18H,12-16H2,(H,25,27). The number of rotatable bonds is 4. The summed E-state index contributed by atoms with van der Waals surface area (Å²) in [7, 11) is 0. The highest BCUT2D eigenvalue weighted by Gasteiger charge is 2.25. The normalized spacial score (nSPS) is 15.7. The predicted molar refractivity (Wildman–Crippen MR) is 120 cm³/mol. The van der Waals surface area contributed by atoms with E-state index >= 15 is 0 Å². The van der Waals surface area contributed by atoms with Gasteiger partial charge in [0, 0.05) is 21.7 Å². The molecule has 3 aromatic rings. The second-order valence-electron chi connectivity index (χ2n) is 7.18. The number of hydrogen-bond acceptors (Lipinski definition) is 2. The number of nitrogens with one attached hydrogen (secondary N) is 1. The largest absolute Gasteiger partial charge is 0.326 e. The van der Waals surface area contributed by atoms with Gasteiger partial charge in [-0.05, 0) is 89.1 Å². The Kier molecular flexibility index (Phi) is 5.74. The maximum atomic E-state index is 12.6. The summed E-state index contributed by atoms with van der Waals surface area (Å²) in [5, 5.41) is 5.69. The van der Waals surface area contributed by atoms with Crippen LogP contribution in [0.1, 0.15) is 18.4 Å². The molecular weight excluding hydrogens is 447 g/mol. The summed E-state index contributed by atoms with van der Waals surface area (Å²) in [5.41, 5.74) is 2.26. The van der Waals surface area contributed by atoms with E-state index in [0.717, 1.165) is 38.2 Å². The SMILES string of the molecule is O=C(Nc1ccc(I)cc1)C1CCN(Cc2cccc3ccccc23)CC1. The maximum absolute atomic E-state index is 12.6. The van der Waals surface area contributed by atoms with Crippen molar-refractivity contribution in [1.29, 1.82) is 0 Å². The first-order chi connectivity index (χ1) is 13.2. The van der Waals surface area contributed by atoms with Crippen molar-refractivity contribution < 1.29 is 4.79 Å². The second-order valence-corrected chi connectivity index (χ2v) is 8.43. The molecule has 1 heterocycles. The first-order valence-corrected chi connectivity index (χ1v) is 10.5. The minimum absolute atomic E-state index is 0.105. The number of likely N-dealkylation sites (tertiary alicyclic amines) is 1. The molecule has 1 aliphatic rings. The molecule has 0 saturated carbocycles. The fraction of sp³-hybridized carbons (Fsp3) is 0.261. The first-order valence-electron chi connectivity index (χ1n) is 9.44. The molecule has 0 spiro atoms. The van der Waals surface area contributed by atoms with Crippen LogP contribution in [0, 0.1) is 9.49 Å². The van der Waals surface area contributed by atoms with Gasteiger partial charge < -0.3 is 5.32 Å². The van der Waals surface area contributed by atoms with Gasteiger partial charge in [-0.2, -0.15) is 0 Å². The minimum atomic E-state index is 0.105. The van der Waals surface area contributed by atoms with Crippen molar-refractivity contribution in [3.63, 3.8) is 0 Å². The molecule has 1 aliphatic heterocycles. The summed E-state index contributed by atoms with van der Waals surface area (Å²) < 4.78 is 1.17. The topological polar surface area (TPSA) is 32.3 Å². The summed E-state index contributed by atoms with van der Waals surface area (Å²) in [6.07, 6.45) is 1.84. The Balaban J connectivity index is 1.34. The maximum Gasteiger partial charge on any atom is 0.227 e. The lowest BCUT2D eigenvalue weighted by molar-refractivity contribution is -0.121. The van der Waals surface area contributed by atoms with Gasteiger partial charge in [0.15, 0.2) is 0 Å². The number of fused-ring (bicyclic) bond motifs is 1. The Labute approximate surface area is 173 Å². The first kappa shape index (κ1) is 18.4. The number of piperidine rings is 1. The number of amides is 1. The van der Waals surface area contributed by atoms with Gasteiger partial charge in [-0.25, -0.2) is 0 Å². The molecule has 0 atom stereocenters. The molecule has 27 heavy (non-hydrogen) atoms. The van der Waals surface area contributed by atoms with Crippen molar-refractivity contribution >= 4 is 45.0 Å². The Morgan fingerprint density at radius 1 is 0.963 bits per heavy atom. The van der Waals surface area contributed by atoms with E-state index in [-0.39, 0.29) is 11.8 Å². The Morgan fingerprint density at radius 3 is 2.44 bits per heavy atom. The molecule has 0 aromatic heterocycles. The molecule has 0 radical (unpaired) electrons. The quantitative estimate of drug-likeness (QED) is 0.526. The third-order valence-electron chi connectivity index (χ3n) is 5.34. The van der Waals surface area contributed by atoms with E-state index in [9.17, 15) is 4.79 Å². The molecule has 0 aliphatic carbocycles. The molecule has 3 nitrogen and oxygen atoms in total. The molecule has 0 unspecified atom stereocenters. The summed E-state index contributed by atoms with van der Waals surface area (Å²) in [5.74, 6) is 0.258. The summed E-state index contributed by atoms with van der Waals surface area (Å²) in [6.45, 7) is 2.88. The van der Waals surface area contributed by atoms with Crippen molar-refractivity contribution in [3.8, 4) is 0 Å². The second kappa shape index (κ2) is 8.40. The van der Waals surface area contributed by atoms with Gasteiger partial charge >= 0.3 is 0 Å². The van der Waals surface area contributed by atoms with E-state index in [1.807, 2.05) is 24.3 Å². The number of benzene rings is 3. The van der Waals surface area contributed by atoms with Crippen LogP contribution < -0.4 is 5.32 Å². The van der Waals surface area contributed by atoms with Crippen molar-refractivity contribution in [2.24, 2.45) is 5.92 Å². The summed E-state index contributed by atoms with van der Waals surface area (Å²) in [6, 6.07) is 23.1. The van der Waals surface area contributed by atoms with Gasteiger partial charge in [0.05, 0.1) is 0 Å². The van der Waals surface area contributed by atoms with E-state index in [2.05, 4.69) is 75.3 Å². The average molecular weight is 470 g/mol. The molecule has 1 N–H and O–H groups in total. The van der Waals surface area contributed by atoms with Crippen LogP contribution in [0.4, 0.5) is 5.69 Å². The van der Waals surface area contributed by atoms with Crippen LogP contribution in [0.15, 0.2) is 66.7 Å². The monoisotopic (exact) mass is 470 g/mol. The minimum Gasteiger partial charge on any atom is -0.326 e. The summed E-state index contributed by atoms with van der Waals surface area (Å²) >= 11 is 2.27. The molecule has 4 rings (SSSR count). The van der Waals surface area contributed by atoms with Gasteiger partial charge in [0.25, 0.3) is 0 Å². The molecule has 0 bridgehead atoms. The smallest absolute Gasteiger partial charge is 0.227 e. The third kappa shape index (κ3) is 4.50. The van der Waals surface area contributed by atoms with Crippen LogP contribution >= 0.6 is 22.6 Å². The number of carbonyl (C=O) groups excluding carboxylic acids is 1. The fourth-order valence-corrected chi connectivity index (χ4v) is 4.16. The number of carbonyl (C=O) groups is 1. The molecule has 4 heteroatoms. The van der Waals surface area contributed by atoms with E-state index < -0.39 is 0 Å². The van der Waals surface area contributed by atoms with Gasteiger partial charge in [-0.1, -0.05) is 42.5 Å². The molecule has 1 fully saturated rings. The number of hydrogen-bond donors (Lipinski definition) is 1. The zero-order valence-electron chi connectivity index (χ0n) is 15.2. The van der Waals surface area contributed by atoms with Crippen LogP contribution in [-0.4, -0.2) is 23.9 Å². The van der Waals surface area contributed by atoms with Crippen molar-refractivity contribution in [2.45, 2.75) is 19.4 Å². The lowest BCUT2D eigenvalue weighted by Gasteiger charge is -2.31. The summed E-state index contributed by atoms with van der Waals surface area (Å²) in [4.78, 5) is 15.0. The van der Waals surface area contributed by atoms with Crippen molar-refractivity contribution in [1.82, 2.24) is 4.90 Å². The van der Waals surface area contributed by atoms with E-state index in [1.54, 1.807) is 0 Å². The highest BCUT2D eigenvalue weighted by molar-refractivity contribution is 14.1. The predicted octanol–water partition coefficient (Wildman–Crippen LogP) is 5.30. The highest BCUT2D eigenvalue weighted by atomic mass is 127. The number of anilines is 1. The Bertz CT molecular complexity index is 925. The number of halogens is 1.